The molecule has 0 bridgehead atoms. The summed E-state index contributed by atoms with van der Waals surface area (Å²) in [6.45, 7) is -0.630. The first kappa shape index (κ1) is 27.9. The number of thiol groups is 1. The van der Waals surface area contributed by atoms with Gasteiger partial charge in [0.15, 0.2) is 0 Å². The monoisotopic (exact) mass is 483 g/mol. The van der Waals surface area contributed by atoms with E-state index in [4.69, 9.17) is 16.6 Å². The van der Waals surface area contributed by atoms with Crippen molar-refractivity contribution < 1.29 is 34.2 Å². The molecule has 0 saturated heterocycles. The van der Waals surface area contributed by atoms with Crippen LogP contribution in [0.5, 0.6) is 0 Å². The van der Waals surface area contributed by atoms with Crippen molar-refractivity contribution in [3.8, 4) is 0 Å². The van der Waals surface area contributed by atoms with Crippen LogP contribution in [0.1, 0.15) is 18.4 Å². The number of rotatable bonds is 14. The number of nitrogens with one attached hydrogen (secondary N) is 3. The molecular formula is C20H29N5O7S. The maximum absolute atomic E-state index is 12.9. The van der Waals surface area contributed by atoms with Gasteiger partial charge in [-0.05, 0) is 12.0 Å². The number of aliphatic hydroxyl groups excluding tert-OH is 1. The lowest BCUT2D eigenvalue weighted by atomic mass is 10.0. The van der Waals surface area contributed by atoms with Gasteiger partial charge in [0.2, 0.25) is 23.6 Å². The second kappa shape index (κ2) is 14.1. The van der Waals surface area contributed by atoms with E-state index in [-0.39, 0.29) is 25.0 Å². The Labute approximate surface area is 195 Å². The van der Waals surface area contributed by atoms with Gasteiger partial charge in [0.05, 0.1) is 6.61 Å². The van der Waals surface area contributed by atoms with E-state index < -0.39 is 60.4 Å². The van der Waals surface area contributed by atoms with Gasteiger partial charge in [-0.15, -0.1) is 0 Å². The summed E-state index contributed by atoms with van der Waals surface area (Å²) in [5.74, 6) is -4.63. The molecule has 9 N–H and O–H groups in total. The molecule has 0 fully saturated rings. The zero-order valence-electron chi connectivity index (χ0n) is 17.8. The van der Waals surface area contributed by atoms with E-state index in [1.807, 2.05) is 0 Å². The Kier molecular flexibility index (Phi) is 11.9. The van der Waals surface area contributed by atoms with Crippen molar-refractivity contribution in [1.29, 1.82) is 0 Å². The van der Waals surface area contributed by atoms with Gasteiger partial charge in [0, 0.05) is 18.6 Å². The fourth-order valence-electron chi connectivity index (χ4n) is 2.70. The largest absolute Gasteiger partial charge is 0.480 e. The molecule has 1 aromatic carbocycles. The Balaban J connectivity index is 2.93. The molecule has 4 unspecified atom stereocenters. The Bertz CT molecular complexity index is 839. The Hall–Kier alpha value is -3.16. The van der Waals surface area contributed by atoms with Crippen molar-refractivity contribution >= 4 is 42.2 Å². The number of hydrogen-bond acceptors (Lipinski definition) is 8. The molecule has 1 rings (SSSR count). The van der Waals surface area contributed by atoms with Crippen LogP contribution < -0.4 is 27.4 Å². The van der Waals surface area contributed by atoms with Crippen molar-refractivity contribution in [3.05, 3.63) is 35.9 Å². The van der Waals surface area contributed by atoms with Crippen LogP contribution >= 0.6 is 12.6 Å². The predicted octanol–water partition coefficient (Wildman–Crippen LogP) is -2.72. The van der Waals surface area contributed by atoms with Gasteiger partial charge in [-0.3, -0.25) is 19.2 Å². The molecule has 4 amide bonds. The summed E-state index contributed by atoms with van der Waals surface area (Å²) in [7, 11) is 0. The van der Waals surface area contributed by atoms with E-state index in [1.54, 1.807) is 30.3 Å². The quantitative estimate of drug-likeness (QED) is 0.130. The first-order valence-corrected chi connectivity index (χ1v) is 10.7. The van der Waals surface area contributed by atoms with E-state index in [0.717, 1.165) is 0 Å². The van der Waals surface area contributed by atoms with Gasteiger partial charge < -0.3 is 37.6 Å². The highest BCUT2D eigenvalue weighted by molar-refractivity contribution is 7.80. The summed E-state index contributed by atoms with van der Waals surface area (Å²) in [4.78, 5) is 59.8. The van der Waals surface area contributed by atoms with Gasteiger partial charge in [-0.25, -0.2) is 4.79 Å². The highest BCUT2D eigenvalue weighted by atomic mass is 32.1. The van der Waals surface area contributed by atoms with E-state index in [1.165, 1.54) is 0 Å². The summed E-state index contributed by atoms with van der Waals surface area (Å²) in [5, 5.41) is 25.4. The second-order valence-electron chi connectivity index (χ2n) is 7.19. The molecule has 0 radical (unpaired) electrons. The third kappa shape index (κ3) is 9.89. The third-order valence-electron chi connectivity index (χ3n) is 4.56. The number of primary amides is 1. The van der Waals surface area contributed by atoms with Crippen molar-refractivity contribution in [1.82, 2.24) is 16.0 Å². The van der Waals surface area contributed by atoms with Crippen molar-refractivity contribution in [3.63, 3.8) is 0 Å². The van der Waals surface area contributed by atoms with Crippen LogP contribution in [0.2, 0.25) is 0 Å². The van der Waals surface area contributed by atoms with E-state index >= 15 is 0 Å². The molecule has 0 aliphatic carbocycles. The number of aliphatic hydroxyl groups is 1. The first-order chi connectivity index (χ1) is 15.6. The molecule has 0 aliphatic rings. The van der Waals surface area contributed by atoms with E-state index in [9.17, 15) is 29.1 Å². The molecule has 0 aromatic heterocycles. The Morgan fingerprint density at radius 3 is 1.97 bits per heavy atom. The SMILES string of the molecule is NC(=O)CCC(NC(=O)C(CS)NC(=O)C(Cc1ccccc1)NC(=O)C(N)CO)C(=O)O. The highest BCUT2D eigenvalue weighted by Crippen LogP contribution is 2.05. The molecule has 1 aromatic rings. The topological polar surface area (TPSA) is 214 Å². The van der Waals surface area contributed by atoms with Gasteiger partial charge in [-0.2, -0.15) is 12.6 Å². The van der Waals surface area contributed by atoms with Gasteiger partial charge >= 0.3 is 5.97 Å². The Morgan fingerprint density at radius 2 is 1.45 bits per heavy atom. The van der Waals surface area contributed by atoms with Crippen molar-refractivity contribution in [2.75, 3.05) is 12.4 Å². The number of nitrogens with two attached hydrogens (primary N) is 2. The number of aliphatic carboxylic acids is 1. The van der Waals surface area contributed by atoms with Gasteiger partial charge in [0.25, 0.3) is 0 Å². The van der Waals surface area contributed by atoms with Crippen molar-refractivity contribution in [2.24, 2.45) is 11.5 Å². The highest BCUT2D eigenvalue weighted by Gasteiger charge is 2.30. The molecule has 0 spiro atoms. The molecule has 12 nitrogen and oxygen atoms in total. The predicted molar refractivity (Wildman–Crippen MR) is 121 cm³/mol. The Morgan fingerprint density at radius 1 is 0.909 bits per heavy atom. The second-order valence-corrected chi connectivity index (χ2v) is 7.55. The van der Waals surface area contributed by atoms with Crippen LogP contribution in [-0.4, -0.2) is 76.3 Å². The van der Waals surface area contributed by atoms with Crippen LogP contribution in [0.25, 0.3) is 0 Å². The average Bonchev–Trinajstić information content (AvgIpc) is 2.78. The van der Waals surface area contributed by atoms with Crippen LogP contribution in [-0.2, 0) is 30.4 Å². The van der Waals surface area contributed by atoms with Crippen LogP contribution in [0, 0.1) is 0 Å². The summed E-state index contributed by atoms with van der Waals surface area (Å²) in [6, 6.07) is 3.71. The minimum Gasteiger partial charge on any atom is -0.480 e. The number of carbonyl (C=O) groups excluding carboxylic acids is 4. The lowest BCUT2D eigenvalue weighted by Crippen LogP contribution is -2.58. The lowest BCUT2D eigenvalue weighted by Gasteiger charge is -2.24. The summed E-state index contributed by atoms with van der Waals surface area (Å²) in [5.41, 5.74) is 11.2. The normalized spacial score (nSPS) is 14.3. The standard InChI is InChI=1S/C20H29N5O7S/c21-12(9-26)17(28)24-14(8-11-4-2-1-3-5-11)18(29)25-15(10-33)19(30)23-13(20(31)32)6-7-16(22)27/h1-5,12-15,26,33H,6-10,21H2,(H2,22,27)(H,23,30)(H,24,28)(H,25,29)(H,31,32). The average molecular weight is 484 g/mol. The van der Waals surface area contributed by atoms with Gasteiger partial charge in [0.1, 0.15) is 24.2 Å². The third-order valence-corrected chi connectivity index (χ3v) is 4.92. The summed E-state index contributed by atoms with van der Waals surface area (Å²) < 4.78 is 0. The number of carboxylic acid groups (broad SMARTS) is 1. The molecular weight excluding hydrogens is 454 g/mol. The summed E-state index contributed by atoms with van der Waals surface area (Å²) in [6.07, 6.45) is -0.422. The van der Waals surface area contributed by atoms with E-state index in [2.05, 4.69) is 28.6 Å². The minimum atomic E-state index is -1.40. The minimum absolute atomic E-state index is 0.0633. The van der Waals surface area contributed by atoms with Crippen LogP contribution in [0.4, 0.5) is 0 Å². The smallest absolute Gasteiger partial charge is 0.326 e. The number of benzene rings is 1. The summed E-state index contributed by atoms with van der Waals surface area (Å²) >= 11 is 4.04. The molecule has 13 heteroatoms. The van der Waals surface area contributed by atoms with Crippen molar-refractivity contribution in [2.45, 2.75) is 43.4 Å². The fourth-order valence-corrected chi connectivity index (χ4v) is 2.96. The fraction of sp³-hybridized carbons (Fsp3) is 0.450. The molecule has 4 atom stereocenters. The number of amides is 4. The molecule has 182 valence electrons. The van der Waals surface area contributed by atoms with Gasteiger partial charge in [-0.1, -0.05) is 30.3 Å². The molecule has 0 aliphatic heterocycles. The van der Waals surface area contributed by atoms with E-state index in [0.29, 0.717) is 5.56 Å². The lowest BCUT2D eigenvalue weighted by molar-refractivity contribution is -0.142. The number of hydrogen-bond donors (Lipinski definition) is 8. The molecule has 33 heavy (non-hydrogen) atoms. The maximum atomic E-state index is 12.9. The molecule has 0 saturated carbocycles. The van der Waals surface area contributed by atoms with Crippen LogP contribution in [0.3, 0.4) is 0 Å². The number of carboxylic acids is 1. The first-order valence-electron chi connectivity index (χ1n) is 10.0. The zero-order valence-corrected chi connectivity index (χ0v) is 18.7. The van der Waals surface area contributed by atoms with Crippen LogP contribution in [0.15, 0.2) is 30.3 Å². The molecule has 0 heterocycles. The zero-order chi connectivity index (χ0) is 25.0. The maximum Gasteiger partial charge on any atom is 0.326 e. The number of carbonyl (C=O) groups is 5.